The molecule has 0 amide bonds. The molecule has 0 radical (unpaired) electrons. The quantitative estimate of drug-likeness (QED) is 0.481. The van der Waals surface area contributed by atoms with E-state index in [4.69, 9.17) is 0 Å². The summed E-state index contributed by atoms with van der Waals surface area (Å²) in [5, 5.41) is 0. The molecule has 0 N–H and O–H groups in total. The zero-order valence-corrected chi connectivity index (χ0v) is 10.2. The minimum Gasteiger partial charge on any atom is -0.228 e. The number of hydrogen-bond acceptors (Lipinski definition) is 1. The van der Waals surface area contributed by atoms with E-state index >= 15 is 0 Å². The molecule has 0 atom stereocenters. The number of aromatic nitrogens is 1. The first-order valence-corrected chi connectivity index (χ1v) is 5.06. The van der Waals surface area contributed by atoms with Crippen molar-refractivity contribution in [3.8, 4) is 0 Å². The Morgan fingerprint density at radius 2 is 1.45 bits per heavy atom. The lowest BCUT2D eigenvalue weighted by atomic mass is 10.5. The third-order valence-electron chi connectivity index (χ3n) is 0.944. The normalized spacial score (nSPS) is 10.3. The maximum Gasteiger partial charge on any atom is 0.172 e. The summed E-state index contributed by atoms with van der Waals surface area (Å²) < 4.78 is 25.5. The van der Waals surface area contributed by atoms with E-state index in [0.29, 0.717) is 0 Å². The van der Waals surface area contributed by atoms with Crippen molar-refractivity contribution in [1.82, 2.24) is 4.98 Å². The summed E-state index contributed by atoms with van der Waals surface area (Å²) in [7, 11) is 0. The van der Waals surface area contributed by atoms with E-state index in [-0.39, 0.29) is 12.8 Å². The molecule has 1 heterocycles. The number of rotatable bonds is 0. The van der Waals surface area contributed by atoms with Crippen molar-refractivity contribution in [2.75, 3.05) is 0 Å². The maximum absolute atomic E-state index is 12.8. The second-order valence-electron chi connectivity index (χ2n) is 1.64. The molecule has 6 heteroatoms. The van der Waals surface area contributed by atoms with Crippen LogP contribution in [0.4, 0.5) is 8.78 Å². The lowest BCUT2D eigenvalue weighted by Gasteiger charge is -1.99. The Bertz CT molecular complexity index is 279. The Morgan fingerprint density at radius 1 is 1.09 bits per heavy atom. The van der Waals surface area contributed by atoms with Gasteiger partial charge in [0.25, 0.3) is 0 Å². The van der Waals surface area contributed by atoms with E-state index in [1.807, 2.05) is 0 Å². The van der Waals surface area contributed by atoms with Gasteiger partial charge in [0.1, 0.15) is 9.21 Å². The van der Waals surface area contributed by atoms with E-state index in [1.54, 1.807) is 22.6 Å². The van der Waals surface area contributed by atoms with Gasteiger partial charge in [0, 0.05) is 0 Å². The Morgan fingerprint density at radius 3 is 1.82 bits per heavy atom. The number of pyridine rings is 1. The minimum atomic E-state index is -0.675. The van der Waals surface area contributed by atoms with E-state index in [1.165, 1.54) is 0 Å². The van der Waals surface area contributed by atoms with Crippen LogP contribution in [0.3, 0.4) is 0 Å². The van der Waals surface area contributed by atoms with Crippen LogP contribution in [0, 0.1) is 15.2 Å². The summed E-state index contributed by atoms with van der Waals surface area (Å²) in [6.07, 6.45) is 0. The predicted octanol–water partition coefficient (Wildman–Crippen LogP) is 3.49. The van der Waals surface area contributed by atoms with Gasteiger partial charge in [-0.3, -0.25) is 0 Å². The zero-order valence-electron chi connectivity index (χ0n) is 4.84. The van der Waals surface area contributed by atoms with Gasteiger partial charge in [-0.05, 0) is 54.5 Å². The van der Waals surface area contributed by atoms with E-state index in [0.717, 1.165) is 0 Å². The van der Waals surface area contributed by atoms with Crippen LogP contribution < -0.4 is 0 Å². The van der Waals surface area contributed by atoms with Gasteiger partial charge in [0.05, 0.1) is 3.57 Å². The molecule has 0 fully saturated rings. The molecule has 1 aromatic rings. The summed E-state index contributed by atoms with van der Waals surface area (Å²) in [5.74, 6) is -1.35. The van der Waals surface area contributed by atoms with Crippen molar-refractivity contribution in [3.05, 3.63) is 24.4 Å². The van der Waals surface area contributed by atoms with Crippen LogP contribution in [0.2, 0.25) is 0 Å². The number of halogens is 5. The van der Waals surface area contributed by atoms with Gasteiger partial charge in [0.2, 0.25) is 0 Å². The average Bonchev–Trinajstić information content (AvgIpc) is 1.97. The Hall–Kier alpha value is 0.700. The van der Waals surface area contributed by atoms with Gasteiger partial charge in [-0.2, -0.15) is 0 Å². The highest BCUT2D eigenvalue weighted by Crippen LogP contribution is 2.25. The predicted molar refractivity (Wildman–Crippen MR) is 52.3 cm³/mol. The average molecular weight is 399 g/mol. The summed E-state index contributed by atoms with van der Waals surface area (Å²) >= 11 is 7.26. The van der Waals surface area contributed by atoms with Crippen LogP contribution in [0.15, 0.2) is 9.21 Å². The second-order valence-corrected chi connectivity index (χ2v) is 4.22. The number of nitrogens with zero attached hydrogens (tertiary/aromatic N) is 1. The van der Waals surface area contributed by atoms with E-state index < -0.39 is 11.6 Å². The minimum absolute atomic E-state index is 0.00942. The molecule has 0 bridgehead atoms. The lowest BCUT2D eigenvalue weighted by molar-refractivity contribution is 0.548. The van der Waals surface area contributed by atoms with Crippen LogP contribution in [-0.2, 0) is 0 Å². The molecular weight excluding hydrogens is 399 g/mol. The monoisotopic (exact) mass is 397 g/mol. The van der Waals surface area contributed by atoms with Gasteiger partial charge in [-0.25, -0.2) is 13.8 Å². The first kappa shape index (κ1) is 9.79. The first-order chi connectivity index (χ1) is 5.04. The number of hydrogen-bond donors (Lipinski definition) is 0. The van der Waals surface area contributed by atoms with Crippen LogP contribution >= 0.6 is 54.5 Å². The molecular formula is C5Br2F2IN. The topological polar surface area (TPSA) is 12.9 Å². The molecule has 0 saturated heterocycles. The first-order valence-electron chi connectivity index (χ1n) is 2.39. The van der Waals surface area contributed by atoms with Gasteiger partial charge >= 0.3 is 0 Å². The molecule has 0 aromatic carbocycles. The summed E-state index contributed by atoms with van der Waals surface area (Å²) in [5.41, 5.74) is 0. The van der Waals surface area contributed by atoms with Crippen molar-refractivity contribution < 1.29 is 8.78 Å². The van der Waals surface area contributed by atoms with Crippen molar-refractivity contribution in [2.24, 2.45) is 0 Å². The smallest absolute Gasteiger partial charge is 0.172 e. The molecule has 1 nitrogen and oxygen atoms in total. The molecule has 0 aliphatic rings. The largest absolute Gasteiger partial charge is 0.228 e. The van der Waals surface area contributed by atoms with Gasteiger partial charge in [-0.1, -0.05) is 0 Å². The summed E-state index contributed by atoms with van der Waals surface area (Å²) in [4.78, 5) is 3.51. The van der Waals surface area contributed by atoms with Gasteiger partial charge < -0.3 is 0 Å². The van der Waals surface area contributed by atoms with Gasteiger partial charge in [0.15, 0.2) is 11.6 Å². The zero-order chi connectivity index (χ0) is 8.59. The van der Waals surface area contributed by atoms with Crippen LogP contribution in [-0.4, -0.2) is 4.98 Å². The fourth-order valence-corrected chi connectivity index (χ4v) is 2.70. The molecule has 0 unspecified atom stereocenters. The molecule has 0 saturated carbocycles. The third-order valence-corrected chi connectivity index (χ3v) is 2.94. The molecule has 11 heavy (non-hydrogen) atoms. The summed E-state index contributed by atoms with van der Waals surface area (Å²) in [6.45, 7) is 0. The molecule has 0 spiro atoms. The highest BCUT2D eigenvalue weighted by Gasteiger charge is 2.14. The second kappa shape index (κ2) is 3.61. The fourth-order valence-electron chi connectivity index (χ4n) is 0.462. The van der Waals surface area contributed by atoms with Crippen molar-refractivity contribution in [1.29, 1.82) is 0 Å². The Labute approximate surface area is 92.0 Å². The molecule has 60 valence electrons. The lowest BCUT2D eigenvalue weighted by Crippen LogP contribution is -1.95. The van der Waals surface area contributed by atoms with Gasteiger partial charge in [-0.15, -0.1) is 0 Å². The van der Waals surface area contributed by atoms with Crippen LogP contribution in [0.1, 0.15) is 0 Å². The van der Waals surface area contributed by atoms with Crippen molar-refractivity contribution in [3.63, 3.8) is 0 Å². The fraction of sp³-hybridized carbons (Fsp3) is 0. The highest BCUT2D eigenvalue weighted by atomic mass is 127. The van der Waals surface area contributed by atoms with Crippen LogP contribution in [0.25, 0.3) is 0 Å². The SMILES string of the molecule is Fc1c(Br)nc(Br)c(F)c1I. The molecule has 1 aromatic heterocycles. The standard InChI is InChI=1S/C5Br2F2IN/c6-4-1(8)3(10)2(9)5(7)11-4. The summed E-state index contributed by atoms with van der Waals surface area (Å²) in [6, 6.07) is 0. The van der Waals surface area contributed by atoms with E-state index in [2.05, 4.69) is 36.8 Å². The third kappa shape index (κ3) is 1.89. The Kier molecular flexibility index (Phi) is 3.21. The van der Waals surface area contributed by atoms with E-state index in [9.17, 15) is 8.78 Å². The molecule has 1 rings (SSSR count). The maximum atomic E-state index is 12.8. The Balaban J connectivity index is 3.46. The van der Waals surface area contributed by atoms with Crippen LogP contribution in [0.5, 0.6) is 0 Å². The van der Waals surface area contributed by atoms with Crippen molar-refractivity contribution >= 4 is 54.5 Å². The molecule has 0 aliphatic heterocycles. The highest BCUT2D eigenvalue weighted by molar-refractivity contribution is 14.1. The van der Waals surface area contributed by atoms with Crippen molar-refractivity contribution in [2.45, 2.75) is 0 Å². The molecule has 0 aliphatic carbocycles.